The van der Waals surface area contributed by atoms with E-state index >= 15 is 0 Å². The van der Waals surface area contributed by atoms with E-state index in [0.29, 0.717) is 35.9 Å². The highest BCUT2D eigenvalue weighted by Crippen LogP contribution is 2.38. The molecule has 0 saturated heterocycles. The summed E-state index contributed by atoms with van der Waals surface area (Å²) < 4.78 is 11.9. The normalized spacial score (nSPS) is 13.2. The highest BCUT2D eigenvalue weighted by Gasteiger charge is 2.25. The summed E-state index contributed by atoms with van der Waals surface area (Å²) in [7, 11) is 0. The zero-order valence-electron chi connectivity index (χ0n) is 17.4. The lowest BCUT2D eigenvalue weighted by Crippen LogP contribution is -2.32. The van der Waals surface area contributed by atoms with Crippen LogP contribution in [0.5, 0.6) is 5.75 Å². The first kappa shape index (κ1) is 19.7. The Morgan fingerprint density at radius 1 is 1.00 bits per heavy atom. The Kier molecular flexibility index (Phi) is 4.95. The van der Waals surface area contributed by atoms with E-state index in [4.69, 9.17) is 20.8 Å². The van der Waals surface area contributed by atoms with E-state index < -0.39 is 0 Å². The predicted molar refractivity (Wildman–Crippen MR) is 124 cm³/mol. The molecular weight excluding hydrogens is 410 g/mol. The van der Waals surface area contributed by atoms with Gasteiger partial charge in [0, 0.05) is 35.0 Å². The zero-order valence-corrected chi connectivity index (χ0v) is 18.2. The first-order valence-electron chi connectivity index (χ1n) is 10.3. The monoisotopic (exact) mass is 431 g/mol. The topological polar surface area (TPSA) is 42.7 Å². The van der Waals surface area contributed by atoms with Crippen LogP contribution in [0.15, 0.2) is 69.9 Å². The van der Waals surface area contributed by atoms with Crippen LogP contribution >= 0.6 is 11.6 Å². The van der Waals surface area contributed by atoms with Gasteiger partial charge in [-0.2, -0.15) is 0 Å². The number of aryl methyl sites for hydroxylation is 2. The lowest BCUT2D eigenvalue weighted by molar-refractivity contribution is 0.287. The zero-order chi connectivity index (χ0) is 21.5. The fourth-order valence-electron chi connectivity index (χ4n) is 4.31. The molecule has 0 unspecified atom stereocenters. The fourth-order valence-corrected chi connectivity index (χ4v) is 4.57. The second-order valence-corrected chi connectivity index (χ2v) is 8.35. The number of anilines is 1. The van der Waals surface area contributed by atoms with Gasteiger partial charge in [0.15, 0.2) is 6.73 Å². The van der Waals surface area contributed by atoms with Gasteiger partial charge < -0.3 is 14.1 Å². The summed E-state index contributed by atoms with van der Waals surface area (Å²) >= 11 is 6.40. The van der Waals surface area contributed by atoms with Crippen LogP contribution in [0.25, 0.3) is 11.0 Å². The molecule has 0 spiro atoms. The van der Waals surface area contributed by atoms with Crippen molar-refractivity contribution in [1.82, 2.24) is 0 Å². The van der Waals surface area contributed by atoms with Gasteiger partial charge in [-0.1, -0.05) is 54.1 Å². The lowest BCUT2D eigenvalue weighted by atomic mass is 9.96. The van der Waals surface area contributed by atoms with E-state index in [9.17, 15) is 4.79 Å². The summed E-state index contributed by atoms with van der Waals surface area (Å²) in [5.74, 6) is 0.786. The van der Waals surface area contributed by atoms with Crippen LogP contribution in [-0.4, -0.2) is 6.73 Å². The Morgan fingerprint density at radius 2 is 1.74 bits per heavy atom. The Hall–Kier alpha value is -3.24. The molecule has 4 aromatic rings. The number of ether oxygens (including phenoxy) is 1. The maximum absolute atomic E-state index is 12.8. The predicted octanol–water partition coefficient (Wildman–Crippen LogP) is 6.01. The van der Waals surface area contributed by atoms with E-state index in [2.05, 4.69) is 11.0 Å². The van der Waals surface area contributed by atoms with Crippen molar-refractivity contribution in [2.45, 2.75) is 26.8 Å². The van der Waals surface area contributed by atoms with E-state index in [-0.39, 0.29) is 5.63 Å². The summed E-state index contributed by atoms with van der Waals surface area (Å²) in [5, 5.41) is 1.64. The molecule has 2 heterocycles. The van der Waals surface area contributed by atoms with Crippen LogP contribution in [0, 0.1) is 13.8 Å². The molecule has 0 saturated carbocycles. The van der Waals surface area contributed by atoms with E-state index in [0.717, 1.165) is 39.1 Å². The van der Waals surface area contributed by atoms with Gasteiger partial charge in [0.05, 0.1) is 10.7 Å². The second kappa shape index (κ2) is 7.78. The molecule has 0 bridgehead atoms. The summed E-state index contributed by atoms with van der Waals surface area (Å²) in [6.45, 7) is 5.01. The first-order chi connectivity index (χ1) is 15.0. The Bertz CT molecular complexity index is 1340. The van der Waals surface area contributed by atoms with Crippen LogP contribution in [0.3, 0.4) is 0 Å². The molecule has 5 heteroatoms. The maximum atomic E-state index is 12.8. The molecule has 0 fully saturated rings. The number of nitrogens with zero attached hydrogens (tertiary/aromatic N) is 1. The molecule has 3 aromatic carbocycles. The van der Waals surface area contributed by atoms with Gasteiger partial charge in [0.2, 0.25) is 0 Å². The third-order valence-electron chi connectivity index (χ3n) is 5.98. The molecule has 1 aliphatic rings. The fraction of sp³-hybridized carbons (Fsp3) is 0.192. The molecule has 1 aliphatic heterocycles. The largest absolute Gasteiger partial charge is 0.472 e. The van der Waals surface area contributed by atoms with Crippen molar-refractivity contribution in [2.24, 2.45) is 0 Å². The molecule has 0 atom stereocenters. The van der Waals surface area contributed by atoms with Gasteiger partial charge in [0.1, 0.15) is 11.3 Å². The number of rotatable bonds is 3. The van der Waals surface area contributed by atoms with Crippen LogP contribution in [-0.2, 0) is 13.0 Å². The minimum absolute atomic E-state index is 0.287. The van der Waals surface area contributed by atoms with Crippen molar-refractivity contribution in [2.75, 3.05) is 11.6 Å². The number of hydrogen-bond donors (Lipinski definition) is 0. The van der Waals surface area contributed by atoms with Crippen molar-refractivity contribution in [3.63, 3.8) is 0 Å². The number of halogens is 1. The van der Waals surface area contributed by atoms with E-state index in [1.807, 2.05) is 68.4 Å². The van der Waals surface area contributed by atoms with Crippen LogP contribution in [0.4, 0.5) is 5.69 Å². The van der Waals surface area contributed by atoms with Gasteiger partial charge in [-0.15, -0.1) is 0 Å². The van der Waals surface area contributed by atoms with Crippen LogP contribution in [0.1, 0.15) is 27.8 Å². The SMILES string of the molecule is Cc1c(Cc2ccccc2)c(=O)oc2c(C)c3c(cc12)CN(c1ccccc1Cl)CO3. The van der Waals surface area contributed by atoms with Crippen LogP contribution < -0.4 is 15.3 Å². The van der Waals surface area contributed by atoms with Gasteiger partial charge in [-0.3, -0.25) is 0 Å². The summed E-state index contributed by atoms with van der Waals surface area (Å²) in [6.07, 6.45) is 0.545. The second-order valence-electron chi connectivity index (χ2n) is 7.94. The highest BCUT2D eigenvalue weighted by atomic mass is 35.5. The molecule has 0 aliphatic carbocycles. The maximum Gasteiger partial charge on any atom is 0.340 e. The number of para-hydroxylation sites is 1. The smallest absolute Gasteiger partial charge is 0.340 e. The van der Waals surface area contributed by atoms with Gasteiger partial charge in [0.25, 0.3) is 0 Å². The quantitative estimate of drug-likeness (QED) is 0.372. The average Bonchev–Trinajstić information content (AvgIpc) is 2.78. The summed E-state index contributed by atoms with van der Waals surface area (Å²) in [5.41, 5.74) is 5.90. The summed E-state index contributed by atoms with van der Waals surface area (Å²) in [4.78, 5) is 14.9. The summed E-state index contributed by atoms with van der Waals surface area (Å²) in [6, 6.07) is 19.8. The minimum Gasteiger partial charge on any atom is -0.472 e. The Labute approximate surface area is 185 Å². The average molecular weight is 432 g/mol. The third-order valence-corrected chi connectivity index (χ3v) is 6.30. The van der Waals surface area contributed by atoms with Crippen LogP contribution in [0.2, 0.25) is 5.02 Å². The van der Waals surface area contributed by atoms with Crippen molar-refractivity contribution in [3.05, 3.63) is 104 Å². The van der Waals surface area contributed by atoms with Crippen molar-refractivity contribution >= 4 is 28.3 Å². The molecule has 156 valence electrons. The minimum atomic E-state index is -0.287. The molecular formula is C26H22ClNO3. The molecule has 4 nitrogen and oxygen atoms in total. The number of fused-ring (bicyclic) bond motifs is 2. The standard InChI is InChI=1S/C26H22ClNO3/c1-16-20-13-19-14-28(23-11-7-6-10-22(23)27)15-30-24(19)17(2)25(20)31-26(29)21(16)12-18-8-4-3-5-9-18/h3-11,13H,12,14-15H2,1-2H3. The van der Waals surface area contributed by atoms with Gasteiger partial charge in [-0.25, -0.2) is 4.79 Å². The third kappa shape index (κ3) is 3.47. The molecule has 0 radical (unpaired) electrons. The molecule has 0 N–H and O–H groups in total. The molecule has 31 heavy (non-hydrogen) atoms. The molecule has 0 amide bonds. The van der Waals surface area contributed by atoms with Gasteiger partial charge >= 0.3 is 5.63 Å². The Morgan fingerprint density at radius 3 is 2.52 bits per heavy atom. The van der Waals surface area contributed by atoms with Crippen molar-refractivity contribution < 1.29 is 9.15 Å². The molecule has 1 aromatic heterocycles. The number of benzene rings is 3. The molecule has 5 rings (SSSR count). The highest BCUT2D eigenvalue weighted by molar-refractivity contribution is 6.33. The number of hydrogen-bond acceptors (Lipinski definition) is 4. The lowest BCUT2D eigenvalue weighted by Gasteiger charge is -2.32. The van der Waals surface area contributed by atoms with E-state index in [1.54, 1.807) is 0 Å². The van der Waals surface area contributed by atoms with Crippen molar-refractivity contribution in [3.8, 4) is 5.75 Å². The first-order valence-corrected chi connectivity index (χ1v) is 10.7. The van der Waals surface area contributed by atoms with Crippen molar-refractivity contribution in [1.29, 1.82) is 0 Å². The Balaban J connectivity index is 1.61. The van der Waals surface area contributed by atoms with Gasteiger partial charge in [-0.05, 0) is 43.2 Å². The van der Waals surface area contributed by atoms with E-state index in [1.165, 1.54) is 0 Å².